The minimum atomic E-state index is 0.758. The van der Waals surface area contributed by atoms with Crippen molar-refractivity contribution in [1.29, 1.82) is 0 Å². The summed E-state index contributed by atoms with van der Waals surface area (Å²) < 4.78 is 5.25. The van der Waals surface area contributed by atoms with E-state index >= 15 is 0 Å². The van der Waals surface area contributed by atoms with Crippen molar-refractivity contribution in [3.05, 3.63) is 71.9 Å². The van der Waals surface area contributed by atoms with Gasteiger partial charge in [-0.25, -0.2) is 4.98 Å². The van der Waals surface area contributed by atoms with Crippen molar-refractivity contribution in [2.75, 3.05) is 48.4 Å². The summed E-state index contributed by atoms with van der Waals surface area (Å²) in [6, 6.07) is 18.6. The Balaban J connectivity index is 1.36. The maximum absolute atomic E-state index is 5.25. The number of benzene rings is 2. The molecule has 29 heavy (non-hydrogen) atoms. The number of aryl methyl sites for hydroxylation is 1. The first-order valence-electron chi connectivity index (χ1n) is 9.98. The van der Waals surface area contributed by atoms with Gasteiger partial charge in [-0.2, -0.15) is 4.98 Å². The number of aromatic nitrogens is 2. The molecule has 1 fully saturated rings. The topological polar surface area (TPSA) is 53.5 Å². The van der Waals surface area contributed by atoms with Crippen LogP contribution in [0.25, 0.3) is 0 Å². The summed E-state index contributed by atoms with van der Waals surface area (Å²) in [7, 11) is 1.69. The van der Waals surface area contributed by atoms with Crippen LogP contribution >= 0.6 is 0 Å². The lowest BCUT2D eigenvalue weighted by Crippen LogP contribution is -2.47. The highest BCUT2D eigenvalue weighted by Gasteiger charge is 2.19. The molecule has 0 unspecified atom stereocenters. The third kappa shape index (κ3) is 4.59. The van der Waals surface area contributed by atoms with Crippen molar-refractivity contribution < 1.29 is 4.74 Å². The highest BCUT2D eigenvalue weighted by Crippen LogP contribution is 2.22. The van der Waals surface area contributed by atoms with Crippen LogP contribution in [0.3, 0.4) is 0 Å². The molecule has 2 aromatic carbocycles. The second-order valence-corrected chi connectivity index (χ2v) is 7.19. The number of anilines is 3. The number of nitrogens with zero attached hydrogens (tertiary/aromatic N) is 4. The normalized spacial score (nSPS) is 14.0. The molecule has 6 nitrogen and oxygen atoms in total. The van der Waals surface area contributed by atoms with Crippen molar-refractivity contribution in [1.82, 2.24) is 9.97 Å². The Bertz CT molecular complexity index is 936. The molecule has 1 aliphatic rings. The van der Waals surface area contributed by atoms with Gasteiger partial charge in [-0.15, -0.1) is 0 Å². The molecular weight excluding hydrogens is 362 g/mol. The van der Waals surface area contributed by atoms with Crippen molar-refractivity contribution in [2.45, 2.75) is 13.5 Å². The number of methoxy groups -OCH3 is 1. The summed E-state index contributed by atoms with van der Waals surface area (Å²) in [5.41, 5.74) is 3.78. The van der Waals surface area contributed by atoms with E-state index in [1.807, 2.05) is 24.4 Å². The van der Waals surface area contributed by atoms with Gasteiger partial charge in [-0.05, 0) is 48.4 Å². The molecule has 0 amide bonds. The second-order valence-electron chi connectivity index (χ2n) is 7.19. The van der Waals surface area contributed by atoms with Gasteiger partial charge in [0.25, 0.3) is 0 Å². The van der Waals surface area contributed by atoms with E-state index in [4.69, 9.17) is 9.72 Å². The number of hydrogen-bond donors (Lipinski definition) is 1. The average molecular weight is 390 g/mol. The van der Waals surface area contributed by atoms with E-state index < -0.39 is 0 Å². The molecule has 1 aromatic heterocycles. The van der Waals surface area contributed by atoms with Crippen LogP contribution in [0, 0.1) is 6.92 Å². The maximum Gasteiger partial charge on any atom is 0.227 e. The average Bonchev–Trinajstić information content (AvgIpc) is 2.79. The zero-order chi connectivity index (χ0) is 20.1. The fraction of sp³-hybridized carbons (Fsp3) is 0.304. The summed E-state index contributed by atoms with van der Waals surface area (Å²) in [4.78, 5) is 13.9. The third-order valence-corrected chi connectivity index (χ3v) is 5.36. The minimum Gasteiger partial charge on any atom is -0.497 e. The lowest BCUT2D eigenvalue weighted by atomic mass is 10.1. The molecule has 0 bridgehead atoms. The Kier molecular flexibility index (Phi) is 5.79. The van der Waals surface area contributed by atoms with Gasteiger partial charge in [-0.1, -0.05) is 24.3 Å². The van der Waals surface area contributed by atoms with Crippen LogP contribution in [0.15, 0.2) is 60.8 Å². The van der Waals surface area contributed by atoms with Gasteiger partial charge in [0.15, 0.2) is 0 Å². The first kappa shape index (κ1) is 19.1. The van der Waals surface area contributed by atoms with Crippen molar-refractivity contribution in [2.24, 2.45) is 0 Å². The zero-order valence-corrected chi connectivity index (χ0v) is 17.0. The van der Waals surface area contributed by atoms with Crippen LogP contribution in [-0.4, -0.2) is 43.3 Å². The Morgan fingerprint density at radius 2 is 1.66 bits per heavy atom. The Labute approximate surface area is 172 Å². The fourth-order valence-corrected chi connectivity index (χ4v) is 3.55. The molecule has 2 heterocycles. The van der Waals surface area contributed by atoms with Gasteiger partial charge in [0.05, 0.1) is 7.11 Å². The number of ether oxygens (including phenoxy) is 1. The SMILES string of the molecule is COc1ccc(N2CCN(c3nccc(NCc4ccccc4C)n3)CC2)cc1. The Morgan fingerprint density at radius 1 is 0.931 bits per heavy atom. The maximum atomic E-state index is 5.25. The molecule has 0 radical (unpaired) electrons. The summed E-state index contributed by atoms with van der Waals surface area (Å²) in [6.45, 7) is 6.56. The van der Waals surface area contributed by atoms with E-state index in [0.717, 1.165) is 50.2 Å². The van der Waals surface area contributed by atoms with Crippen LogP contribution < -0.4 is 19.9 Å². The van der Waals surface area contributed by atoms with Crippen LogP contribution in [0.1, 0.15) is 11.1 Å². The lowest BCUT2D eigenvalue weighted by Gasteiger charge is -2.36. The number of rotatable bonds is 6. The largest absolute Gasteiger partial charge is 0.497 e. The monoisotopic (exact) mass is 389 g/mol. The highest BCUT2D eigenvalue weighted by atomic mass is 16.5. The minimum absolute atomic E-state index is 0.758. The van der Waals surface area contributed by atoms with Gasteiger partial charge in [0.1, 0.15) is 11.6 Å². The standard InChI is InChI=1S/C23H27N5O/c1-18-5-3-4-6-19(18)17-25-22-11-12-24-23(26-22)28-15-13-27(14-16-28)20-7-9-21(29-2)10-8-20/h3-12H,13-17H2,1-2H3,(H,24,25,26). The van der Waals surface area contributed by atoms with E-state index in [2.05, 4.69) is 63.4 Å². The fourth-order valence-electron chi connectivity index (χ4n) is 3.55. The second kappa shape index (κ2) is 8.82. The molecule has 1 saturated heterocycles. The van der Waals surface area contributed by atoms with Crippen molar-refractivity contribution >= 4 is 17.5 Å². The molecule has 0 spiro atoms. The van der Waals surface area contributed by atoms with Gasteiger partial charge in [-0.3, -0.25) is 0 Å². The van der Waals surface area contributed by atoms with Crippen LogP contribution in [-0.2, 0) is 6.54 Å². The van der Waals surface area contributed by atoms with Crippen molar-refractivity contribution in [3.63, 3.8) is 0 Å². The summed E-state index contributed by atoms with van der Waals surface area (Å²) in [5, 5.41) is 3.43. The summed E-state index contributed by atoms with van der Waals surface area (Å²) >= 11 is 0. The predicted molar refractivity (Wildman–Crippen MR) is 118 cm³/mol. The van der Waals surface area contributed by atoms with Gasteiger partial charge >= 0.3 is 0 Å². The van der Waals surface area contributed by atoms with Gasteiger partial charge < -0.3 is 19.9 Å². The zero-order valence-electron chi connectivity index (χ0n) is 17.0. The molecule has 0 atom stereocenters. The number of piperazine rings is 1. The predicted octanol–water partition coefficient (Wildman–Crippen LogP) is 3.73. The lowest BCUT2D eigenvalue weighted by molar-refractivity contribution is 0.415. The first-order chi connectivity index (χ1) is 14.2. The Hall–Kier alpha value is -3.28. The smallest absolute Gasteiger partial charge is 0.227 e. The highest BCUT2D eigenvalue weighted by molar-refractivity contribution is 5.51. The Morgan fingerprint density at radius 3 is 2.38 bits per heavy atom. The van der Waals surface area contributed by atoms with E-state index in [1.165, 1.54) is 16.8 Å². The van der Waals surface area contributed by atoms with Crippen LogP contribution in [0.5, 0.6) is 5.75 Å². The molecule has 0 saturated carbocycles. The molecule has 3 aromatic rings. The number of hydrogen-bond acceptors (Lipinski definition) is 6. The summed E-state index contributed by atoms with van der Waals surface area (Å²) in [6.07, 6.45) is 1.83. The quantitative estimate of drug-likeness (QED) is 0.693. The summed E-state index contributed by atoms with van der Waals surface area (Å²) in [5.74, 6) is 2.53. The molecule has 150 valence electrons. The van der Waals surface area contributed by atoms with E-state index in [9.17, 15) is 0 Å². The van der Waals surface area contributed by atoms with Crippen molar-refractivity contribution in [3.8, 4) is 5.75 Å². The molecule has 4 rings (SSSR count). The van der Waals surface area contributed by atoms with E-state index in [1.54, 1.807) is 7.11 Å². The van der Waals surface area contributed by atoms with Gasteiger partial charge in [0, 0.05) is 44.6 Å². The molecule has 1 N–H and O–H groups in total. The van der Waals surface area contributed by atoms with Gasteiger partial charge in [0.2, 0.25) is 5.95 Å². The molecule has 1 aliphatic heterocycles. The molecule has 0 aliphatic carbocycles. The molecular formula is C23H27N5O. The van der Waals surface area contributed by atoms with E-state index in [0.29, 0.717) is 0 Å². The first-order valence-corrected chi connectivity index (χ1v) is 9.98. The van der Waals surface area contributed by atoms with E-state index in [-0.39, 0.29) is 0 Å². The number of nitrogens with one attached hydrogen (secondary N) is 1. The third-order valence-electron chi connectivity index (χ3n) is 5.36. The molecule has 6 heteroatoms. The van der Waals surface area contributed by atoms with Crippen LogP contribution in [0.4, 0.5) is 17.5 Å². The van der Waals surface area contributed by atoms with Crippen LogP contribution in [0.2, 0.25) is 0 Å².